The molecule has 2 aromatic heterocycles. The van der Waals surface area contributed by atoms with Crippen LogP contribution in [0.5, 0.6) is 0 Å². The van der Waals surface area contributed by atoms with E-state index in [4.69, 9.17) is 0 Å². The number of aromatic nitrogens is 5. The minimum absolute atomic E-state index is 0.122. The number of carbonyl (C=O) groups excluding carboxylic acids is 1. The molecule has 1 aliphatic heterocycles. The second-order valence-electron chi connectivity index (χ2n) is 8.12. The van der Waals surface area contributed by atoms with E-state index < -0.39 is 0 Å². The van der Waals surface area contributed by atoms with Crippen molar-refractivity contribution in [3.8, 4) is 0 Å². The molecule has 0 radical (unpaired) electrons. The molecule has 0 saturated heterocycles. The van der Waals surface area contributed by atoms with Crippen molar-refractivity contribution in [3.05, 3.63) is 64.7 Å². The summed E-state index contributed by atoms with van der Waals surface area (Å²) in [5.41, 5.74) is 2.61. The third-order valence-electron chi connectivity index (χ3n) is 6.11. The van der Waals surface area contributed by atoms with Crippen molar-refractivity contribution in [1.82, 2.24) is 30.3 Å². The quantitative estimate of drug-likeness (QED) is 0.696. The number of halogens is 1. The molecule has 1 unspecified atom stereocenters. The number of hydrogen-bond donors (Lipinski definition) is 2. The molecule has 1 atom stereocenters. The third kappa shape index (κ3) is 3.22. The van der Waals surface area contributed by atoms with Gasteiger partial charge >= 0.3 is 0 Å². The van der Waals surface area contributed by atoms with Crippen LogP contribution in [-0.2, 0) is 24.2 Å². The van der Waals surface area contributed by atoms with Crippen LogP contribution in [0.15, 0.2) is 30.5 Å². The van der Waals surface area contributed by atoms with Crippen molar-refractivity contribution < 1.29 is 9.18 Å². The monoisotopic (exact) mass is 394 g/mol. The first-order valence-electron chi connectivity index (χ1n) is 10.0. The molecule has 0 bridgehead atoms. The fourth-order valence-corrected chi connectivity index (χ4v) is 4.27. The van der Waals surface area contributed by atoms with E-state index in [0.717, 1.165) is 41.9 Å². The zero-order valence-corrected chi connectivity index (χ0v) is 16.3. The molecule has 1 aromatic carbocycles. The molecule has 150 valence electrons. The average Bonchev–Trinajstić information content (AvgIpc) is 3.15. The van der Waals surface area contributed by atoms with Crippen LogP contribution in [0.3, 0.4) is 0 Å². The van der Waals surface area contributed by atoms with Gasteiger partial charge in [-0.1, -0.05) is 19.1 Å². The van der Waals surface area contributed by atoms with Crippen LogP contribution in [0.4, 0.5) is 4.39 Å². The summed E-state index contributed by atoms with van der Waals surface area (Å²) in [5, 5.41) is 14.6. The Hall–Kier alpha value is -3.03. The largest absolute Gasteiger partial charge is 0.337 e. The van der Waals surface area contributed by atoms with Gasteiger partial charge in [-0.3, -0.25) is 15.0 Å². The Labute approximate surface area is 167 Å². The van der Waals surface area contributed by atoms with Crippen LogP contribution in [0.2, 0.25) is 0 Å². The third-order valence-corrected chi connectivity index (χ3v) is 6.11. The van der Waals surface area contributed by atoms with E-state index in [-0.39, 0.29) is 23.1 Å². The van der Waals surface area contributed by atoms with E-state index in [0.29, 0.717) is 25.3 Å². The molecule has 2 aliphatic rings. The number of aromatic amines is 2. The van der Waals surface area contributed by atoms with Crippen molar-refractivity contribution in [2.45, 2.75) is 45.1 Å². The van der Waals surface area contributed by atoms with Crippen molar-refractivity contribution in [2.75, 3.05) is 6.54 Å². The van der Waals surface area contributed by atoms with Gasteiger partial charge in [-0.25, -0.2) is 9.37 Å². The van der Waals surface area contributed by atoms with Gasteiger partial charge in [0.1, 0.15) is 11.6 Å². The second-order valence-corrected chi connectivity index (χ2v) is 8.12. The zero-order valence-electron chi connectivity index (χ0n) is 16.3. The van der Waals surface area contributed by atoms with E-state index in [1.54, 1.807) is 18.3 Å². The topological polar surface area (TPSA) is 90.6 Å². The Kier molecular flexibility index (Phi) is 4.22. The van der Waals surface area contributed by atoms with Crippen LogP contribution in [-0.4, -0.2) is 42.7 Å². The Morgan fingerprint density at radius 3 is 2.76 bits per heavy atom. The molecule has 5 rings (SSSR count). The highest BCUT2D eigenvalue weighted by atomic mass is 19.1. The van der Waals surface area contributed by atoms with Gasteiger partial charge in [0.2, 0.25) is 5.91 Å². The Bertz CT molecular complexity index is 1040. The van der Waals surface area contributed by atoms with Crippen molar-refractivity contribution in [2.24, 2.45) is 5.41 Å². The molecule has 3 heterocycles. The van der Waals surface area contributed by atoms with Gasteiger partial charge < -0.3 is 4.90 Å². The minimum Gasteiger partial charge on any atom is -0.337 e. The summed E-state index contributed by atoms with van der Waals surface area (Å²) in [5.74, 6) is 1.30. The summed E-state index contributed by atoms with van der Waals surface area (Å²) in [6, 6.07) is 6.46. The number of aryl methyl sites for hydroxylation is 1. The summed E-state index contributed by atoms with van der Waals surface area (Å²) in [6.45, 7) is 3.09. The predicted octanol–water partition coefficient (Wildman–Crippen LogP) is 2.73. The maximum atomic E-state index is 13.5. The number of benzene rings is 1. The van der Waals surface area contributed by atoms with Gasteiger partial charge in [-0.05, 0) is 37.0 Å². The summed E-state index contributed by atoms with van der Waals surface area (Å²) < 4.78 is 13.2. The van der Waals surface area contributed by atoms with E-state index >= 15 is 0 Å². The van der Waals surface area contributed by atoms with E-state index in [2.05, 4.69) is 25.4 Å². The second kappa shape index (κ2) is 6.79. The van der Waals surface area contributed by atoms with Crippen molar-refractivity contribution >= 4 is 5.91 Å². The molecule has 1 amide bonds. The first-order valence-corrected chi connectivity index (χ1v) is 10.0. The lowest BCUT2D eigenvalue weighted by Crippen LogP contribution is -2.43. The normalized spacial score (nSPS) is 19.8. The van der Waals surface area contributed by atoms with E-state index in [1.807, 2.05) is 11.8 Å². The number of rotatable bonds is 5. The smallest absolute Gasteiger partial charge is 0.229 e. The molecule has 1 fully saturated rings. The number of carbonyl (C=O) groups is 1. The number of H-pyrrole nitrogens is 2. The predicted molar refractivity (Wildman–Crippen MR) is 103 cm³/mol. The highest BCUT2D eigenvalue weighted by molar-refractivity contribution is 5.86. The Morgan fingerprint density at radius 1 is 1.28 bits per heavy atom. The Morgan fingerprint density at radius 2 is 2.07 bits per heavy atom. The number of amides is 1. The lowest BCUT2D eigenvalue weighted by molar-refractivity contribution is -0.138. The lowest BCUT2D eigenvalue weighted by Gasteiger charge is -2.34. The number of nitrogens with one attached hydrogen (secondary N) is 2. The summed E-state index contributed by atoms with van der Waals surface area (Å²) >= 11 is 0. The van der Waals surface area contributed by atoms with Crippen LogP contribution >= 0.6 is 0 Å². The summed E-state index contributed by atoms with van der Waals surface area (Å²) in [7, 11) is 0. The van der Waals surface area contributed by atoms with Gasteiger partial charge in [0.05, 0.1) is 23.2 Å². The highest BCUT2D eigenvalue weighted by Gasteiger charge is 2.52. The molecule has 0 spiro atoms. The molecule has 1 saturated carbocycles. The van der Waals surface area contributed by atoms with Crippen LogP contribution in [0.25, 0.3) is 0 Å². The van der Waals surface area contributed by atoms with E-state index in [9.17, 15) is 9.18 Å². The fourth-order valence-electron chi connectivity index (χ4n) is 4.27. The molecule has 2 N–H and O–H groups in total. The van der Waals surface area contributed by atoms with Gasteiger partial charge in [0.15, 0.2) is 5.82 Å². The van der Waals surface area contributed by atoms with Gasteiger partial charge in [0, 0.05) is 25.1 Å². The number of hydrogen-bond acceptors (Lipinski definition) is 4. The molecule has 8 heteroatoms. The molecular weight excluding hydrogens is 371 g/mol. The first kappa shape index (κ1) is 18.0. The molecule has 29 heavy (non-hydrogen) atoms. The molecule has 7 nitrogen and oxygen atoms in total. The number of nitrogens with zero attached hydrogens (tertiary/aromatic N) is 4. The van der Waals surface area contributed by atoms with Crippen LogP contribution in [0, 0.1) is 11.2 Å². The summed E-state index contributed by atoms with van der Waals surface area (Å²) in [4.78, 5) is 20.0. The lowest BCUT2D eigenvalue weighted by atomic mass is 9.91. The van der Waals surface area contributed by atoms with Crippen LogP contribution in [0.1, 0.15) is 54.2 Å². The summed E-state index contributed by atoms with van der Waals surface area (Å²) in [6.07, 6.45) is 4.94. The highest BCUT2D eigenvalue weighted by Crippen LogP contribution is 2.50. The minimum atomic E-state index is -0.378. The van der Waals surface area contributed by atoms with Crippen molar-refractivity contribution in [1.29, 1.82) is 0 Å². The van der Waals surface area contributed by atoms with Crippen molar-refractivity contribution in [3.63, 3.8) is 0 Å². The van der Waals surface area contributed by atoms with Gasteiger partial charge in [0.25, 0.3) is 0 Å². The Balaban J connectivity index is 1.39. The molecule has 1 aliphatic carbocycles. The van der Waals surface area contributed by atoms with Gasteiger partial charge in [-0.15, -0.1) is 0 Å². The number of fused-ring (bicyclic) bond motifs is 1. The van der Waals surface area contributed by atoms with E-state index in [1.165, 1.54) is 12.1 Å². The molecular formula is C21H23FN6O. The maximum absolute atomic E-state index is 13.5. The maximum Gasteiger partial charge on any atom is 0.229 e. The average molecular weight is 394 g/mol. The molecule has 3 aromatic rings. The standard InChI is InChI=1S/C21H23FN6O/c1-2-17-24-19(27-25-17)16-12-28(11-14-10-23-26-18(14)16)20(29)21(7-8-21)9-13-3-5-15(22)6-4-13/h3-6,10,16H,2,7-9,11-12H2,1H3,(H,23,26)(H,24,25,27). The SMILES string of the molecule is CCc1nc(C2CN(C(=O)C3(Cc4ccc(F)cc4)CC3)Cc3cn[nH]c32)n[nH]1. The van der Waals surface area contributed by atoms with Gasteiger partial charge in [-0.2, -0.15) is 10.2 Å². The fraction of sp³-hybridized carbons (Fsp3) is 0.429. The first-order chi connectivity index (χ1) is 14.1. The zero-order chi connectivity index (χ0) is 20.0. The van der Waals surface area contributed by atoms with Crippen LogP contribution < -0.4 is 0 Å².